The highest BCUT2D eigenvalue weighted by molar-refractivity contribution is 5.45. The second kappa shape index (κ2) is 5.21. The van der Waals surface area contributed by atoms with Crippen LogP contribution < -0.4 is 5.32 Å². The first kappa shape index (κ1) is 12.6. The van der Waals surface area contributed by atoms with Crippen molar-refractivity contribution >= 4 is 5.69 Å². The van der Waals surface area contributed by atoms with Crippen molar-refractivity contribution in [3.63, 3.8) is 0 Å². The van der Waals surface area contributed by atoms with Crippen LogP contribution in [-0.2, 0) is 0 Å². The third-order valence-electron chi connectivity index (χ3n) is 3.00. The summed E-state index contributed by atoms with van der Waals surface area (Å²) in [6.45, 7) is 8.51. The van der Waals surface area contributed by atoms with Crippen molar-refractivity contribution in [2.75, 3.05) is 5.32 Å². The summed E-state index contributed by atoms with van der Waals surface area (Å²) < 4.78 is 0. The maximum absolute atomic E-state index is 4.20. The summed E-state index contributed by atoms with van der Waals surface area (Å²) in [5.41, 5.74) is 6.17. The summed E-state index contributed by atoms with van der Waals surface area (Å²) in [7, 11) is 0. The van der Waals surface area contributed by atoms with E-state index in [1.54, 1.807) is 0 Å². The third kappa shape index (κ3) is 3.10. The largest absolute Gasteiger partial charge is 0.377 e. The van der Waals surface area contributed by atoms with Gasteiger partial charge < -0.3 is 5.32 Å². The molecule has 2 heteroatoms. The average molecular weight is 240 g/mol. The Bertz CT molecular complexity index is 526. The Hall–Kier alpha value is -1.83. The number of anilines is 1. The maximum Gasteiger partial charge on any atom is 0.0534 e. The van der Waals surface area contributed by atoms with Gasteiger partial charge in [-0.1, -0.05) is 29.3 Å². The van der Waals surface area contributed by atoms with Gasteiger partial charge in [-0.3, -0.25) is 4.98 Å². The van der Waals surface area contributed by atoms with Gasteiger partial charge in [-0.25, -0.2) is 0 Å². The van der Waals surface area contributed by atoms with Gasteiger partial charge in [0.2, 0.25) is 0 Å². The predicted octanol–water partition coefficient (Wildman–Crippen LogP) is 4.18. The van der Waals surface area contributed by atoms with Gasteiger partial charge in [0.15, 0.2) is 0 Å². The van der Waals surface area contributed by atoms with Gasteiger partial charge in [-0.15, -0.1) is 0 Å². The van der Waals surface area contributed by atoms with E-state index in [0.29, 0.717) is 0 Å². The molecule has 0 saturated carbocycles. The highest BCUT2D eigenvalue weighted by Gasteiger charge is 2.06. The quantitative estimate of drug-likeness (QED) is 0.870. The van der Waals surface area contributed by atoms with Gasteiger partial charge in [-0.2, -0.15) is 0 Å². The zero-order valence-electron chi connectivity index (χ0n) is 11.5. The molecule has 0 saturated heterocycles. The summed E-state index contributed by atoms with van der Waals surface area (Å²) >= 11 is 0. The number of aryl methyl sites for hydroxylation is 3. The average Bonchev–Trinajstić information content (AvgIpc) is 2.27. The highest BCUT2D eigenvalue weighted by atomic mass is 14.9. The van der Waals surface area contributed by atoms with E-state index in [1.165, 1.54) is 22.3 Å². The van der Waals surface area contributed by atoms with Crippen LogP contribution in [-0.4, -0.2) is 4.98 Å². The molecule has 1 N–H and O–H groups in total. The molecule has 1 aromatic heterocycles. The number of nitrogens with one attached hydrogen (secondary N) is 1. The van der Waals surface area contributed by atoms with Crippen LogP contribution in [0.25, 0.3) is 0 Å². The van der Waals surface area contributed by atoms with Crippen molar-refractivity contribution < 1.29 is 0 Å². The standard InChI is InChI=1S/C16H20N2/c1-11-5-12(2)7-15(6-11)14(4)18-16-8-13(3)9-17-10-16/h5-10,14,18H,1-4H3. The minimum atomic E-state index is 0.284. The number of aromatic nitrogens is 1. The normalized spacial score (nSPS) is 12.2. The molecule has 94 valence electrons. The molecule has 0 aliphatic heterocycles. The number of nitrogens with zero attached hydrogens (tertiary/aromatic N) is 1. The van der Waals surface area contributed by atoms with Crippen LogP contribution >= 0.6 is 0 Å². The Morgan fingerprint density at radius 1 is 0.889 bits per heavy atom. The number of benzene rings is 1. The van der Waals surface area contributed by atoms with Crippen molar-refractivity contribution in [2.24, 2.45) is 0 Å². The monoisotopic (exact) mass is 240 g/mol. The van der Waals surface area contributed by atoms with Crippen LogP contribution in [0.1, 0.15) is 35.2 Å². The smallest absolute Gasteiger partial charge is 0.0534 e. The number of hydrogen-bond donors (Lipinski definition) is 1. The summed E-state index contributed by atoms with van der Waals surface area (Å²) in [6, 6.07) is 9.06. The molecule has 1 atom stereocenters. The molecule has 1 unspecified atom stereocenters. The lowest BCUT2D eigenvalue weighted by Crippen LogP contribution is -2.07. The van der Waals surface area contributed by atoms with Crippen LogP contribution in [0.15, 0.2) is 36.7 Å². The van der Waals surface area contributed by atoms with E-state index >= 15 is 0 Å². The molecule has 0 bridgehead atoms. The van der Waals surface area contributed by atoms with E-state index in [1.807, 2.05) is 12.4 Å². The lowest BCUT2D eigenvalue weighted by atomic mass is 10.0. The first-order valence-corrected chi connectivity index (χ1v) is 6.31. The molecule has 1 heterocycles. The van der Waals surface area contributed by atoms with Crippen LogP contribution in [0.2, 0.25) is 0 Å². The van der Waals surface area contributed by atoms with Gasteiger partial charge in [0.1, 0.15) is 0 Å². The van der Waals surface area contributed by atoms with Crippen LogP contribution in [0, 0.1) is 20.8 Å². The van der Waals surface area contributed by atoms with Gasteiger partial charge in [0.25, 0.3) is 0 Å². The van der Waals surface area contributed by atoms with Gasteiger partial charge in [0.05, 0.1) is 5.69 Å². The Morgan fingerprint density at radius 2 is 1.56 bits per heavy atom. The molecule has 0 aliphatic carbocycles. The van der Waals surface area contributed by atoms with E-state index < -0.39 is 0 Å². The summed E-state index contributed by atoms with van der Waals surface area (Å²) in [5.74, 6) is 0. The van der Waals surface area contributed by atoms with Crippen molar-refractivity contribution in [3.05, 3.63) is 58.9 Å². The molecule has 0 radical (unpaired) electrons. The van der Waals surface area contributed by atoms with Gasteiger partial charge in [-0.05, 0) is 44.9 Å². The summed E-state index contributed by atoms with van der Waals surface area (Å²) in [5, 5.41) is 3.49. The molecule has 2 nitrogen and oxygen atoms in total. The zero-order chi connectivity index (χ0) is 13.1. The summed E-state index contributed by atoms with van der Waals surface area (Å²) in [4.78, 5) is 4.20. The highest BCUT2D eigenvalue weighted by Crippen LogP contribution is 2.21. The van der Waals surface area contributed by atoms with E-state index in [-0.39, 0.29) is 6.04 Å². The molecule has 0 spiro atoms. The lowest BCUT2D eigenvalue weighted by molar-refractivity contribution is 0.878. The fraction of sp³-hybridized carbons (Fsp3) is 0.312. The van der Waals surface area contributed by atoms with E-state index in [4.69, 9.17) is 0 Å². The molecule has 1 aromatic carbocycles. The van der Waals surface area contributed by atoms with E-state index in [0.717, 1.165) is 5.69 Å². The van der Waals surface area contributed by atoms with E-state index in [2.05, 4.69) is 62.3 Å². The molecule has 2 rings (SSSR count). The maximum atomic E-state index is 4.20. The van der Waals surface area contributed by atoms with Gasteiger partial charge in [0, 0.05) is 18.4 Å². The molecule has 0 aliphatic rings. The second-order valence-electron chi connectivity index (χ2n) is 5.04. The van der Waals surface area contributed by atoms with Gasteiger partial charge >= 0.3 is 0 Å². The minimum absolute atomic E-state index is 0.284. The lowest BCUT2D eigenvalue weighted by Gasteiger charge is -2.17. The van der Waals surface area contributed by atoms with Crippen molar-refractivity contribution in [2.45, 2.75) is 33.7 Å². The molecule has 0 amide bonds. The summed E-state index contributed by atoms with van der Waals surface area (Å²) in [6.07, 6.45) is 3.73. The fourth-order valence-corrected chi connectivity index (χ4v) is 2.23. The van der Waals surface area contributed by atoms with Crippen molar-refractivity contribution in [3.8, 4) is 0 Å². The van der Waals surface area contributed by atoms with Crippen molar-refractivity contribution in [1.82, 2.24) is 4.98 Å². The molecular formula is C16H20N2. The topological polar surface area (TPSA) is 24.9 Å². The number of rotatable bonds is 3. The number of pyridine rings is 1. The fourth-order valence-electron chi connectivity index (χ4n) is 2.23. The Kier molecular flexibility index (Phi) is 3.66. The van der Waals surface area contributed by atoms with Crippen LogP contribution in [0.4, 0.5) is 5.69 Å². The van der Waals surface area contributed by atoms with Crippen molar-refractivity contribution in [1.29, 1.82) is 0 Å². The molecule has 18 heavy (non-hydrogen) atoms. The first-order valence-electron chi connectivity index (χ1n) is 6.31. The zero-order valence-corrected chi connectivity index (χ0v) is 11.5. The Labute approximate surface area is 109 Å². The SMILES string of the molecule is Cc1cncc(NC(C)c2cc(C)cc(C)c2)c1. The Balaban J connectivity index is 2.19. The third-order valence-corrected chi connectivity index (χ3v) is 3.00. The molecule has 0 fully saturated rings. The van der Waals surface area contributed by atoms with Crippen LogP contribution in [0.3, 0.4) is 0 Å². The van der Waals surface area contributed by atoms with Crippen LogP contribution in [0.5, 0.6) is 0 Å². The first-order chi connectivity index (χ1) is 8.54. The Morgan fingerprint density at radius 3 is 2.17 bits per heavy atom. The minimum Gasteiger partial charge on any atom is -0.377 e. The predicted molar refractivity (Wildman–Crippen MR) is 76.9 cm³/mol. The van der Waals surface area contributed by atoms with E-state index in [9.17, 15) is 0 Å². The molecule has 2 aromatic rings. The molecular weight excluding hydrogens is 220 g/mol. The number of hydrogen-bond acceptors (Lipinski definition) is 2. The second-order valence-corrected chi connectivity index (χ2v) is 5.04.